The lowest BCUT2D eigenvalue weighted by molar-refractivity contribution is 0.146. The zero-order valence-corrected chi connectivity index (χ0v) is 12.3. The van der Waals surface area contributed by atoms with Gasteiger partial charge in [0.05, 0.1) is 16.2 Å². The van der Waals surface area contributed by atoms with Gasteiger partial charge in [-0.05, 0) is 31.3 Å². The average Bonchev–Trinajstić information content (AvgIpc) is 2.58. The minimum absolute atomic E-state index is 0.0828. The molecule has 0 atom stereocenters. The second-order valence-electron chi connectivity index (χ2n) is 4.83. The third kappa shape index (κ3) is 5.19. The highest BCUT2D eigenvalue weighted by Gasteiger charge is 2.16. The van der Waals surface area contributed by atoms with Gasteiger partial charge in [0.15, 0.2) is 0 Å². The number of nitrogens with one attached hydrogen (secondary N) is 1. The van der Waals surface area contributed by atoms with Crippen molar-refractivity contribution >= 4 is 5.69 Å². The van der Waals surface area contributed by atoms with E-state index in [0.717, 1.165) is 45.0 Å². The molecule has 2 rings (SSSR count). The average molecular weight is 300 g/mol. The Morgan fingerprint density at radius 3 is 2.62 bits per heavy atom. The van der Waals surface area contributed by atoms with E-state index in [9.17, 15) is 0 Å². The fraction of sp³-hybridized carbons (Fsp3) is 0.625. The van der Waals surface area contributed by atoms with Crippen LogP contribution in [0.2, 0.25) is 0 Å². The summed E-state index contributed by atoms with van der Waals surface area (Å²) in [6.45, 7) is -0.522. The summed E-state index contributed by atoms with van der Waals surface area (Å²) >= 11 is 0. The molecule has 21 heavy (non-hydrogen) atoms. The lowest BCUT2D eigenvalue weighted by Crippen LogP contribution is -2.48. The summed E-state index contributed by atoms with van der Waals surface area (Å²) in [5, 5.41) is 3.14. The highest BCUT2D eigenvalue weighted by Crippen LogP contribution is 2.20. The van der Waals surface area contributed by atoms with Crippen molar-refractivity contribution in [2.45, 2.75) is 0 Å². The van der Waals surface area contributed by atoms with Gasteiger partial charge in [0.25, 0.3) is 0 Å². The van der Waals surface area contributed by atoms with Gasteiger partial charge in [-0.3, -0.25) is 4.90 Å². The van der Waals surface area contributed by atoms with Crippen molar-refractivity contribution in [1.82, 2.24) is 10.2 Å². The van der Waals surface area contributed by atoms with Crippen LogP contribution < -0.4 is 15.0 Å². The molecule has 5 nitrogen and oxygen atoms in total. The van der Waals surface area contributed by atoms with Crippen molar-refractivity contribution in [3.8, 4) is 5.75 Å². The fourth-order valence-corrected chi connectivity index (χ4v) is 2.33. The van der Waals surface area contributed by atoms with Gasteiger partial charge in [-0.25, -0.2) is 0 Å². The lowest BCUT2D eigenvalue weighted by Gasteiger charge is -2.36. The van der Waals surface area contributed by atoms with Crippen LogP contribution in [-0.2, 0) is 4.74 Å². The molecule has 5 heteroatoms. The van der Waals surface area contributed by atoms with Gasteiger partial charge in [0.1, 0.15) is 12.3 Å². The maximum Gasteiger partial charge on any atom is 0.119 e. The first-order chi connectivity index (χ1) is 12.9. The topological polar surface area (TPSA) is 37.0 Å². The highest BCUT2D eigenvalue weighted by atomic mass is 16.5. The molecular formula is C16H27N3O2. The van der Waals surface area contributed by atoms with Crippen LogP contribution in [0.15, 0.2) is 24.3 Å². The van der Waals surface area contributed by atoms with Crippen LogP contribution in [0.3, 0.4) is 0 Å². The second-order valence-corrected chi connectivity index (χ2v) is 4.83. The Bertz CT molecular complexity index is 618. The van der Waals surface area contributed by atoms with E-state index < -0.39 is 20.2 Å². The molecule has 1 fully saturated rings. The Labute approximate surface area is 137 Å². The number of hydrogen-bond acceptors (Lipinski definition) is 5. The van der Waals surface area contributed by atoms with Gasteiger partial charge in [-0.2, -0.15) is 0 Å². The minimum Gasteiger partial charge on any atom is -0.491 e. The third-order valence-corrected chi connectivity index (χ3v) is 3.51. The van der Waals surface area contributed by atoms with Crippen LogP contribution in [0.5, 0.6) is 5.75 Å². The monoisotopic (exact) mass is 300 g/mol. The maximum absolute atomic E-state index is 7.75. The Morgan fingerprint density at radius 2 is 1.95 bits per heavy atom. The van der Waals surface area contributed by atoms with Crippen molar-refractivity contribution in [2.75, 3.05) is 71.4 Å². The molecule has 1 aliphatic heterocycles. The molecule has 1 aromatic rings. The number of piperazine rings is 1. The molecule has 1 aromatic carbocycles. The van der Waals surface area contributed by atoms with Crippen LogP contribution in [0.1, 0.15) is 9.60 Å². The molecular weight excluding hydrogens is 266 g/mol. The summed E-state index contributed by atoms with van der Waals surface area (Å²) in [6.07, 6.45) is 0. The van der Waals surface area contributed by atoms with E-state index in [-0.39, 0.29) is 5.75 Å². The van der Waals surface area contributed by atoms with E-state index in [1.807, 2.05) is 7.05 Å². The first-order valence-electron chi connectivity index (χ1n) is 10.5. The molecule has 0 aromatic heterocycles. The Morgan fingerprint density at radius 1 is 1.19 bits per heavy atom. The van der Waals surface area contributed by atoms with Crippen LogP contribution in [0, 0.1) is 0 Å². The van der Waals surface area contributed by atoms with Gasteiger partial charge in [-0.15, -0.1) is 0 Å². The Hall–Kier alpha value is -1.30. The summed E-state index contributed by atoms with van der Waals surface area (Å²) in [6, 6.07) is 6.61. The number of likely N-dealkylation sites (N-methyl/N-ethyl adjacent to an activating group) is 1. The quantitative estimate of drug-likeness (QED) is 0.777. The molecule has 0 aliphatic carbocycles. The number of methoxy groups -OCH3 is 1. The van der Waals surface area contributed by atoms with Crippen molar-refractivity contribution in [1.29, 1.82) is 0 Å². The maximum atomic E-state index is 7.75. The van der Waals surface area contributed by atoms with E-state index in [1.165, 1.54) is 12.1 Å². The SMILES string of the molecule is [2H]C([2H])([2H])OC([2H])([2H])C([2H])([2H])Oc1ccc(N2CCN(CCNC)CC2)cc1. The summed E-state index contributed by atoms with van der Waals surface area (Å²) in [5.41, 5.74) is 0.961. The summed E-state index contributed by atoms with van der Waals surface area (Å²) in [7, 11) is -1.15. The third-order valence-electron chi connectivity index (χ3n) is 3.51. The number of nitrogens with zero attached hydrogens (tertiary/aromatic N) is 2. The normalized spacial score (nSPS) is 23.1. The van der Waals surface area contributed by atoms with Crippen LogP contribution in [0.25, 0.3) is 0 Å². The fourth-order valence-electron chi connectivity index (χ4n) is 2.33. The van der Waals surface area contributed by atoms with Crippen molar-refractivity contribution in [2.24, 2.45) is 0 Å². The Balaban J connectivity index is 1.95. The van der Waals surface area contributed by atoms with Crippen molar-refractivity contribution in [3.63, 3.8) is 0 Å². The summed E-state index contributed by atoms with van der Waals surface area (Å²) < 4.78 is 60.9. The van der Waals surface area contributed by atoms with Crippen LogP contribution in [-0.4, -0.2) is 71.4 Å². The smallest absolute Gasteiger partial charge is 0.119 e. The molecule has 0 spiro atoms. The molecule has 1 aliphatic rings. The first-order valence-corrected chi connectivity index (χ1v) is 7.05. The number of ether oxygens (including phenoxy) is 2. The molecule has 0 saturated carbocycles. The van der Waals surface area contributed by atoms with Crippen molar-refractivity contribution in [3.05, 3.63) is 24.3 Å². The highest BCUT2D eigenvalue weighted by molar-refractivity contribution is 5.49. The predicted octanol–water partition coefficient (Wildman–Crippen LogP) is 1.05. The van der Waals surface area contributed by atoms with E-state index >= 15 is 0 Å². The standard InChI is InChI=1S/C16H27N3O2/c1-17-7-8-18-9-11-19(12-10-18)15-3-5-16(6-4-15)21-14-13-20-2/h3-6,17H,7-14H2,1-2H3/i2D3,13D2,14D2. The first kappa shape index (κ1) is 8.98. The molecule has 1 N–H and O–H groups in total. The van der Waals surface area contributed by atoms with Gasteiger partial charge < -0.3 is 19.7 Å². The molecule has 1 saturated heterocycles. The van der Waals surface area contributed by atoms with E-state index in [4.69, 9.17) is 14.3 Å². The summed E-state index contributed by atoms with van der Waals surface area (Å²) in [4.78, 5) is 4.59. The number of hydrogen-bond donors (Lipinski definition) is 1. The molecule has 0 bridgehead atoms. The van der Waals surface area contributed by atoms with E-state index in [0.29, 0.717) is 0 Å². The van der Waals surface area contributed by atoms with Crippen LogP contribution >= 0.6 is 0 Å². The number of rotatable bonds is 8. The van der Waals surface area contributed by atoms with Gasteiger partial charge in [0, 0.05) is 52.0 Å². The number of benzene rings is 1. The molecule has 0 radical (unpaired) electrons. The Kier molecular flexibility index (Phi) is 3.79. The largest absolute Gasteiger partial charge is 0.491 e. The molecule has 118 valence electrons. The second kappa shape index (κ2) is 8.87. The zero-order valence-electron chi connectivity index (χ0n) is 19.3. The van der Waals surface area contributed by atoms with Gasteiger partial charge in [-0.1, -0.05) is 0 Å². The summed E-state index contributed by atoms with van der Waals surface area (Å²) in [5.74, 6) is 0.0828. The lowest BCUT2D eigenvalue weighted by atomic mass is 10.2. The van der Waals surface area contributed by atoms with Crippen LogP contribution in [0.4, 0.5) is 5.69 Å². The zero-order chi connectivity index (χ0) is 21.0. The molecule has 0 amide bonds. The van der Waals surface area contributed by atoms with Crippen molar-refractivity contribution < 1.29 is 19.1 Å². The predicted molar refractivity (Wildman–Crippen MR) is 86.4 cm³/mol. The minimum atomic E-state index is -3.15. The van der Waals surface area contributed by atoms with Gasteiger partial charge in [0.2, 0.25) is 0 Å². The molecule has 0 unspecified atom stereocenters. The molecule has 1 heterocycles. The number of anilines is 1. The van der Waals surface area contributed by atoms with E-state index in [1.54, 1.807) is 12.1 Å². The van der Waals surface area contributed by atoms with E-state index in [2.05, 4.69) is 19.9 Å². The van der Waals surface area contributed by atoms with Gasteiger partial charge >= 0.3 is 0 Å².